The van der Waals surface area contributed by atoms with Gasteiger partial charge in [0.25, 0.3) is 0 Å². The maximum Gasteiger partial charge on any atom is 0.311 e. The van der Waals surface area contributed by atoms with Gasteiger partial charge < -0.3 is 10.1 Å². The maximum atomic E-state index is 10.5. The summed E-state index contributed by atoms with van der Waals surface area (Å²) in [5.41, 5.74) is 2.11. The Bertz CT molecular complexity index is 477. The Labute approximate surface area is 93.0 Å². The zero-order valence-electron chi connectivity index (χ0n) is 8.68. The number of nitrogens with one attached hydrogen (secondary N) is 1. The van der Waals surface area contributed by atoms with Crippen molar-refractivity contribution in [2.45, 2.75) is 12.8 Å². The highest BCUT2D eigenvalue weighted by molar-refractivity contribution is 5.68. The number of carbonyl (C=O) groups is 1. The van der Waals surface area contributed by atoms with E-state index in [4.69, 9.17) is 5.11 Å². The molecule has 1 aromatic heterocycles. The first-order valence-corrected chi connectivity index (χ1v) is 5.02. The van der Waals surface area contributed by atoms with Gasteiger partial charge in [-0.05, 0) is 5.56 Å². The number of nitrogens with zero attached hydrogens (tertiary/aromatic N) is 1. The second-order valence-electron chi connectivity index (χ2n) is 3.59. The van der Waals surface area contributed by atoms with Crippen LogP contribution in [0.4, 0.5) is 0 Å². The van der Waals surface area contributed by atoms with E-state index in [0.29, 0.717) is 5.82 Å². The molecule has 4 heteroatoms. The average molecular weight is 216 g/mol. The van der Waals surface area contributed by atoms with E-state index in [1.54, 1.807) is 6.20 Å². The summed E-state index contributed by atoms with van der Waals surface area (Å²) in [5.74, 6) is -0.376. The number of rotatable bonds is 4. The summed E-state index contributed by atoms with van der Waals surface area (Å²) in [6, 6.07) is 9.97. The molecule has 0 saturated heterocycles. The molecule has 2 aromatic rings. The zero-order chi connectivity index (χ0) is 11.4. The lowest BCUT2D eigenvalue weighted by Gasteiger charge is -1.97. The van der Waals surface area contributed by atoms with E-state index < -0.39 is 5.97 Å². The van der Waals surface area contributed by atoms with Crippen molar-refractivity contribution in [3.05, 3.63) is 53.6 Å². The predicted molar refractivity (Wildman–Crippen MR) is 59.2 cm³/mol. The monoisotopic (exact) mass is 216 g/mol. The minimum atomic E-state index is -0.874. The van der Waals surface area contributed by atoms with Gasteiger partial charge in [0.2, 0.25) is 0 Å². The second-order valence-corrected chi connectivity index (χ2v) is 3.59. The van der Waals surface area contributed by atoms with Crippen LogP contribution >= 0.6 is 0 Å². The lowest BCUT2D eigenvalue weighted by Crippen LogP contribution is -2.01. The first-order chi connectivity index (χ1) is 7.74. The molecule has 16 heavy (non-hydrogen) atoms. The standard InChI is InChI=1S/C12H12N2O2/c15-12(16)7-11-13-8-10(14-11)6-9-4-2-1-3-5-9/h1-5,8H,6-7H2,(H,13,14)(H,15,16). The molecule has 0 radical (unpaired) electrons. The number of carboxylic acid groups (broad SMARTS) is 1. The van der Waals surface area contributed by atoms with E-state index in [1.165, 1.54) is 5.56 Å². The van der Waals surface area contributed by atoms with E-state index in [-0.39, 0.29) is 6.42 Å². The molecule has 0 saturated carbocycles. The van der Waals surface area contributed by atoms with E-state index >= 15 is 0 Å². The zero-order valence-corrected chi connectivity index (χ0v) is 8.68. The van der Waals surface area contributed by atoms with Crippen molar-refractivity contribution in [3.8, 4) is 0 Å². The van der Waals surface area contributed by atoms with Gasteiger partial charge in [-0.2, -0.15) is 0 Å². The van der Waals surface area contributed by atoms with Crippen LogP contribution in [0.5, 0.6) is 0 Å². The Morgan fingerprint density at radius 3 is 2.75 bits per heavy atom. The summed E-state index contributed by atoms with van der Waals surface area (Å²) in [4.78, 5) is 17.5. The van der Waals surface area contributed by atoms with Crippen molar-refractivity contribution in [2.24, 2.45) is 0 Å². The first kappa shape index (κ1) is 10.4. The lowest BCUT2D eigenvalue weighted by atomic mass is 10.1. The Balaban J connectivity index is 2.06. The normalized spacial score (nSPS) is 10.2. The van der Waals surface area contributed by atoms with E-state index in [2.05, 4.69) is 9.97 Å². The van der Waals surface area contributed by atoms with E-state index in [0.717, 1.165) is 12.1 Å². The fourth-order valence-electron chi connectivity index (χ4n) is 1.54. The van der Waals surface area contributed by atoms with Gasteiger partial charge in [0.05, 0.1) is 0 Å². The number of benzene rings is 1. The van der Waals surface area contributed by atoms with Gasteiger partial charge in [0.1, 0.15) is 12.2 Å². The van der Waals surface area contributed by atoms with Gasteiger partial charge in [-0.15, -0.1) is 0 Å². The number of hydrogen-bond acceptors (Lipinski definition) is 2. The minimum Gasteiger partial charge on any atom is -0.481 e. The Hall–Kier alpha value is -2.10. The van der Waals surface area contributed by atoms with Crippen LogP contribution in [0.2, 0.25) is 0 Å². The van der Waals surface area contributed by atoms with Gasteiger partial charge in [0, 0.05) is 18.3 Å². The molecule has 2 N–H and O–H groups in total. The molecule has 0 spiro atoms. The molecular formula is C12H12N2O2. The molecule has 0 aliphatic rings. The highest BCUT2D eigenvalue weighted by atomic mass is 16.4. The third kappa shape index (κ3) is 2.70. The largest absolute Gasteiger partial charge is 0.481 e. The van der Waals surface area contributed by atoms with Crippen LogP contribution in [-0.2, 0) is 17.6 Å². The molecule has 82 valence electrons. The third-order valence-electron chi connectivity index (χ3n) is 2.24. The third-order valence-corrected chi connectivity index (χ3v) is 2.24. The predicted octanol–water partition coefficient (Wildman–Crippen LogP) is 1.63. The van der Waals surface area contributed by atoms with Crippen molar-refractivity contribution in [1.82, 2.24) is 9.97 Å². The van der Waals surface area contributed by atoms with Gasteiger partial charge >= 0.3 is 5.97 Å². The molecule has 0 atom stereocenters. The summed E-state index contributed by atoms with van der Waals surface area (Å²) in [5, 5.41) is 8.61. The molecule has 2 rings (SSSR count). The number of aromatic amines is 1. The number of imidazole rings is 1. The summed E-state index contributed by atoms with van der Waals surface area (Å²) < 4.78 is 0. The van der Waals surface area contributed by atoms with E-state index in [1.807, 2.05) is 30.3 Å². The molecular weight excluding hydrogens is 204 g/mol. The van der Waals surface area contributed by atoms with Crippen LogP contribution in [0.3, 0.4) is 0 Å². The minimum absolute atomic E-state index is 0.0607. The summed E-state index contributed by atoms with van der Waals surface area (Å²) in [6.45, 7) is 0. The number of carboxylic acids is 1. The van der Waals surface area contributed by atoms with Crippen molar-refractivity contribution < 1.29 is 9.90 Å². The summed E-state index contributed by atoms with van der Waals surface area (Å²) >= 11 is 0. The second kappa shape index (κ2) is 4.61. The smallest absolute Gasteiger partial charge is 0.311 e. The SMILES string of the molecule is O=C(O)Cc1ncc(Cc2ccccc2)[nH]1. The molecule has 1 heterocycles. The van der Waals surface area contributed by atoms with Gasteiger partial charge in [-0.1, -0.05) is 30.3 Å². The number of aliphatic carboxylic acids is 1. The molecule has 0 aliphatic heterocycles. The molecule has 0 fully saturated rings. The fourth-order valence-corrected chi connectivity index (χ4v) is 1.54. The summed E-state index contributed by atoms with van der Waals surface area (Å²) in [6.07, 6.45) is 2.37. The summed E-state index contributed by atoms with van der Waals surface area (Å²) in [7, 11) is 0. The van der Waals surface area contributed by atoms with Crippen LogP contribution in [-0.4, -0.2) is 21.0 Å². The molecule has 0 aliphatic carbocycles. The molecule has 0 bridgehead atoms. The number of H-pyrrole nitrogens is 1. The van der Waals surface area contributed by atoms with Crippen LogP contribution in [0.25, 0.3) is 0 Å². The van der Waals surface area contributed by atoms with Gasteiger partial charge in [-0.25, -0.2) is 4.98 Å². The van der Waals surface area contributed by atoms with Crippen LogP contribution in [0, 0.1) is 0 Å². The Morgan fingerprint density at radius 1 is 1.31 bits per heavy atom. The van der Waals surface area contributed by atoms with Gasteiger partial charge in [-0.3, -0.25) is 4.79 Å². The average Bonchev–Trinajstić information content (AvgIpc) is 2.66. The molecule has 0 amide bonds. The topological polar surface area (TPSA) is 66.0 Å². The number of aromatic nitrogens is 2. The quantitative estimate of drug-likeness (QED) is 0.816. The number of hydrogen-bond donors (Lipinski definition) is 2. The first-order valence-electron chi connectivity index (χ1n) is 5.02. The molecule has 1 aromatic carbocycles. The van der Waals surface area contributed by atoms with Crippen LogP contribution < -0.4 is 0 Å². The molecule has 0 unspecified atom stereocenters. The Morgan fingerprint density at radius 2 is 2.06 bits per heavy atom. The van der Waals surface area contributed by atoms with E-state index in [9.17, 15) is 4.79 Å². The molecule has 4 nitrogen and oxygen atoms in total. The maximum absolute atomic E-state index is 10.5. The highest BCUT2D eigenvalue weighted by Gasteiger charge is 2.05. The van der Waals surface area contributed by atoms with Crippen molar-refractivity contribution in [3.63, 3.8) is 0 Å². The van der Waals surface area contributed by atoms with Crippen LogP contribution in [0.1, 0.15) is 17.1 Å². The van der Waals surface area contributed by atoms with Gasteiger partial charge in [0.15, 0.2) is 0 Å². The van der Waals surface area contributed by atoms with Crippen molar-refractivity contribution in [2.75, 3.05) is 0 Å². The fraction of sp³-hybridized carbons (Fsp3) is 0.167. The van der Waals surface area contributed by atoms with Crippen molar-refractivity contribution in [1.29, 1.82) is 0 Å². The Kier molecular flexibility index (Phi) is 3.00. The van der Waals surface area contributed by atoms with Crippen molar-refractivity contribution >= 4 is 5.97 Å². The highest BCUT2D eigenvalue weighted by Crippen LogP contribution is 2.07. The van der Waals surface area contributed by atoms with Crippen LogP contribution in [0.15, 0.2) is 36.5 Å². The lowest BCUT2D eigenvalue weighted by molar-refractivity contribution is -0.136.